The van der Waals surface area contributed by atoms with Crippen molar-refractivity contribution in [3.05, 3.63) is 96.6 Å². The smallest absolute Gasteiger partial charge is 0.192 e. The van der Waals surface area contributed by atoms with Crippen LogP contribution in [0.2, 0.25) is 0 Å². The van der Waals surface area contributed by atoms with Crippen molar-refractivity contribution >= 4 is 16.6 Å². The molecule has 0 heterocycles. The molecule has 0 radical (unpaired) electrons. The lowest BCUT2D eigenvalue weighted by Gasteiger charge is -2.19. The third-order valence-electron chi connectivity index (χ3n) is 4.08. The summed E-state index contributed by atoms with van der Waals surface area (Å²) in [4.78, 5) is 12.5. The van der Waals surface area contributed by atoms with E-state index in [2.05, 4.69) is 6.58 Å². The summed E-state index contributed by atoms with van der Waals surface area (Å²) >= 11 is 0. The van der Waals surface area contributed by atoms with Crippen molar-refractivity contribution in [2.45, 2.75) is 12.0 Å². The highest BCUT2D eigenvalue weighted by molar-refractivity contribution is 6.00. The SMILES string of the molecule is C=C[C@H](c1ccc2ccccc2c1)[C@H](O)C(=O)c1ccccc1. The zero-order chi connectivity index (χ0) is 16.2. The molecule has 3 rings (SSSR count). The van der Waals surface area contributed by atoms with Crippen LogP contribution >= 0.6 is 0 Å². The van der Waals surface area contributed by atoms with Gasteiger partial charge in [-0.1, -0.05) is 78.9 Å². The lowest BCUT2D eigenvalue weighted by molar-refractivity contribution is 0.0720. The minimum atomic E-state index is -1.14. The van der Waals surface area contributed by atoms with E-state index >= 15 is 0 Å². The van der Waals surface area contributed by atoms with E-state index in [4.69, 9.17) is 0 Å². The van der Waals surface area contributed by atoms with Crippen molar-refractivity contribution < 1.29 is 9.90 Å². The molecule has 0 saturated heterocycles. The van der Waals surface area contributed by atoms with Crippen LogP contribution < -0.4 is 0 Å². The lowest BCUT2D eigenvalue weighted by atomic mass is 9.88. The van der Waals surface area contributed by atoms with E-state index < -0.39 is 12.0 Å². The molecule has 1 N–H and O–H groups in total. The Bertz CT molecular complexity index is 837. The zero-order valence-corrected chi connectivity index (χ0v) is 12.7. The summed E-state index contributed by atoms with van der Waals surface area (Å²) < 4.78 is 0. The maximum atomic E-state index is 12.5. The van der Waals surface area contributed by atoms with Crippen LogP contribution in [0.4, 0.5) is 0 Å². The van der Waals surface area contributed by atoms with Gasteiger partial charge in [0.05, 0.1) is 0 Å². The number of benzene rings is 3. The molecule has 0 bridgehead atoms. The van der Waals surface area contributed by atoms with E-state index in [0.29, 0.717) is 5.56 Å². The van der Waals surface area contributed by atoms with Crippen LogP contribution in [0.15, 0.2) is 85.5 Å². The third kappa shape index (κ3) is 3.08. The van der Waals surface area contributed by atoms with Crippen LogP contribution in [-0.2, 0) is 0 Å². The fourth-order valence-electron chi connectivity index (χ4n) is 2.80. The normalized spacial score (nSPS) is 13.4. The Morgan fingerprint density at radius 3 is 2.26 bits per heavy atom. The molecule has 0 saturated carbocycles. The monoisotopic (exact) mass is 302 g/mol. The Kier molecular flexibility index (Phi) is 4.35. The quantitative estimate of drug-likeness (QED) is 0.562. The van der Waals surface area contributed by atoms with Crippen LogP contribution in [-0.4, -0.2) is 17.0 Å². The molecule has 0 fully saturated rings. The number of hydrogen-bond donors (Lipinski definition) is 1. The van der Waals surface area contributed by atoms with E-state index in [-0.39, 0.29) is 5.78 Å². The Morgan fingerprint density at radius 2 is 1.57 bits per heavy atom. The van der Waals surface area contributed by atoms with Crippen molar-refractivity contribution in [2.24, 2.45) is 0 Å². The molecule has 0 aliphatic carbocycles. The maximum Gasteiger partial charge on any atom is 0.192 e. The lowest BCUT2D eigenvalue weighted by Crippen LogP contribution is -2.27. The van der Waals surface area contributed by atoms with Crippen LogP contribution in [0.5, 0.6) is 0 Å². The molecule has 3 aromatic rings. The molecule has 23 heavy (non-hydrogen) atoms. The highest BCUT2D eigenvalue weighted by Crippen LogP contribution is 2.27. The maximum absolute atomic E-state index is 12.5. The highest BCUT2D eigenvalue weighted by atomic mass is 16.3. The number of aliphatic hydroxyl groups excluding tert-OH is 1. The van der Waals surface area contributed by atoms with Gasteiger partial charge in [-0.05, 0) is 16.3 Å². The van der Waals surface area contributed by atoms with Crippen molar-refractivity contribution in [3.63, 3.8) is 0 Å². The first-order valence-electron chi connectivity index (χ1n) is 7.59. The van der Waals surface area contributed by atoms with Crippen LogP contribution in [0.1, 0.15) is 21.8 Å². The van der Waals surface area contributed by atoms with Gasteiger partial charge in [-0.2, -0.15) is 0 Å². The van der Waals surface area contributed by atoms with Crippen LogP contribution in [0.25, 0.3) is 10.8 Å². The molecule has 0 spiro atoms. The summed E-state index contributed by atoms with van der Waals surface area (Å²) in [6.45, 7) is 3.80. The molecule has 0 aromatic heterocycles. The summed E-state index contributed by atoms with van der Waals surface area (Å²) in [5.41, 5.74) is 1.39. The topological polar surface area (TPSA) is 37.3 Å². The van der Waals surface area contributed by atoms with Gasteiger partial charge in [0, 0.05) is 11.5 Å². The number of fused-ring (bicyclic) bond motifs is 1. The summed E-state index contributed by atoms with van der Waals surface area (Å²) in [7, 11) is 0. The Labute approximate surface area is 135 Å². The van der Waals surface area contributed by atoms with Gasteiger partial charge in [0.2, 0.25) is 0 Å². The van der Waals surface area contributed by atoms with Crippen molar-refractivity contribution in [2.75, 3.05) is 0 Å². The molecule has 0 unspecified atom stereocenters. The Hall–Kier alpha value is -2.71. The van der Waals surface area contributed by atoms with Crippen LogP contribution in [0.3, 0.4) is 0 Å². The second kappa shape index (κ2) is 6.59. The van der Waals surface area contributed by atoms with Crippen molar-refractivity contribution in [1.29, 1.82) is 0 Å². The minimum Gasteiger partial charge on any atom is -0.384 e. The van der Waals surface area contributed by atoms with E-state index in [1.165, 1.54) is 0 Å². The number of carbonyl (C=O) groups excluding carboxylic acids is 1. The van der Waals surface area contributed by atoms with Gasteiger partial charge in [0.15, 0.2) is 5.78 Å². The standard InChI is InChI=1S/C21H18O2/c1-2-19(21(23)20(22)16-9-4-3-5-10-16)18-13-12-15-8-6-7-11-17(15)14-18/h2-14,19,21,23H,1H2/t19-,21+/m1/s1. The number of hydrogen-bond acceptors (Lipinski definition) is 2. The molecule has 0 aliphatic heterocycles. The molecule has 0 amide bonds. The molecule has 2 nitrogen and oxygen atoms in total. The van der Waals surface area contributed by atoms with Gasteiger partial charge in [-0.15, -0.1) is 6.58 Å². The highest BCUT2D eigenvalue weighted by Gasteiger charge is 2.26. The second-order valence-corrected chi connectivity index (χ2v) is 5.54. The summed E-state index contributed by atoms with van der Waals surface area (Å²) in [6.07, 6.45) is 0.492. The van der Waals surface area contributed by atoms with Gasteiger partial charge >= 0.3 is 0 Å². The Balaban J connectivity index is 1.94. The molecule has 0 aliphatic rings. The average molecular weight is 302 g/mol. The predicted octanol–water partition coefficient (Wildman–Crippen LogP) is 4.35. The number of aliphatic hydroxyl groups is 1. The first kappa shape index (κ1) is 15.2. The minimum absolute atomic E-state index is 0.288. The van der Waals surface area contributed by atoms with Gasteiger partial charge in [-0.3, -0.25) is 4.79 Å². The van der Waals surface area contributed by atoms with Crippen LogP contribution in [0, 0.1) is 0 Å². The Morgan fingerprint density at radius 1 is 0.913 bits per heavy atom. The molecule has 114 valence electrons. The predicted molar refractivity (Wildman–Crippen MR) is 93.7 cm³/mol. The molecule has 3 aromatic carbocycles. The first-order valence-corrected chi connectivity index (χ1v) is 7.59. The number of Topliss-reactive ketones (excluding diaryl/α,β-unsaturated/α-hetero) is 1. The molecular formula is C21H18O2. The fourth-order valence-corrected chi connectivity index (χ4v) is 2.80. The van der Waals surface area contributed by atoms with Crippen molar-refractivity contribution in [3.8, 4) is 0 Å². The van der Waals surface area contributed by atoms with Crippen molar-refractivity contribution in [1.82, 2.24) is 0 Å². The van der Waals surface area contributed by atoms with Gasteiger partial charge in [-0.25, -0.2) is 0 Å². The largest absolute Gasteiger partial charge is 0.384 e. The van der Waals surface area contributed by atoms with Gasteiger partial charge in [0.1, 0.15) is 6.10 Å². The number of carbonyl (C=O) groups is 1. The summed E-state index contributed by atoms with van der Waals surface area (Å²) in [5.74, 6) is -0.726. The van der Waals surface area contributed by atoms with E-state index in [1.54, 1.807) is 30.3 Å². The fraction of sp³-hybridized carbons (Fsp3) is 0.0952. The first-order chi connectivity index (χ1) is 11.2. The number of ketones is 1. The third-order valence-corrected chi connectivity index (χ3v) is 4.08. The molecule has 2 atom stereocenters. The van der Waals surface area contributed by atoms with Gasteiger partial charge in [0.25, 0.3) is 0 Å². The van der Waals surface area contributed by atoms with Gasteiger partial charge < -0.3 is 5.11 Å². The molecular weight excluding hydrogens is 284 g/mol. The second-order valence-electron chi connectivity index (χ2n) is 5.54. The summed E-state index contributed by atoms with van der Waals surface area (Å²) in [5, 5.41) is 12.7. The van der Waals surface area contributed by atoms with E-state index in [1.807, 2.05) is 48.5 Å². The van der Waals surface area contributed by atoms with E-state index in [0.717, 1.165) is 16.3 Å². The molecule has 2 heteroatoms. The van der Waals surface area contributed by atoms with E-state index in [9.17, 15) is 9.90 Å². The zero-order valence-electron chi connectivity index (χ0n) is 12.7. The number of rotatable bonds is 5. The average Bonchev–Trinajstić information content (AvgIpc) is 2.62. The summed E-state index contributed by atoms with van der Waals surface area (Å²) in [6, 6.07) is 22.8.